The lowest BCUT2D eigenvalue weighted by Gasteiger charge is -2.33. The number of rotatable bonds is 3. The number of carbonyl (C=O) groups is 1. The second kappa shape index (κ2) is 5.14. The number of nitrogens with zero attached hydrogens (tertiary/aromatic N) is 2. The summed E-state index contributed by atoms with van der Waals surface area (Å²) >= 11 is 0. The van der Waals surface area contributed by atoms with Gasteiger partial charge in [-0.1, -0.05) is 36.4 Å². The summed E-state index contributed by atoms with van der Waals surface area (Å²) in [5.41, 5.74) is 2.04. The molecule has 0 bridgehead atoms. The Labute approximate surface area is 113 Å². The van der Waals surface area contributed by atoms with Crippen LogP contribution in [0.1, 0.15) is 12.8 Å². The maximum atomic E-state index is 12.0. The molecule has 1 heterocycles. The van der Waals surface area contributed by atoms with Crippen molar-refractivity contribution in [1.29, 1.82) is 0 Å². The standard InChI is InChI=1S/C16H16N2O/c19-16-12-7-13-17(16)18(14-8-3-1-4-9-14)15-10-5-2-6-11-15/h1-6,8-11H,7,12-13H2. The van der Waals surface area contributed by atoms with E-state index in [4.69, 9.17) is 0 Å². The molecule has 0 atom stereocenters. The molecule has 0 unspecified atom stereocenters. The van der Waals surface area contributed by atoms with E-state index in [-0.39, 0.29) is 5.91 Å². The molecular weight excluding hydrogens is 236 g/mol. The fourth-order valence-corrected chi connectivity index (χ4v) is 2.41. The molecule has 1 amide bonds. The maximum absolute atomic E-state index is 12.0. The highest BCUT2D eigenvalue weighted by molar-refractivity contribution is 5.82. The molecule has 0 radical (unpaired) electrons. The molecular formula is C16H16N2O. The van der Waals surface area contributed by atoms with Gasteiger partial charge in [-0.25, -0.2) is 5.01 Å². The lowest BCUT2D eigenvalue weighted by Crippen LogP contribution is -2.40. The first-order valence-electron chi connectivity index (χ1n) is 6.57. The number of hydrogen-bond donors (Lipinski definition) is 0. The van der Waals surface area contributed by atoms with E-state index in [0.29, 0.717) is 6.42 Å². The van der Waals surface area contributed by atoms with Gasteiger partial charge in [-0.2, -0.15) is 0 Å². The van der Waals surface area contributed by atoms with Gasteiger partial charge in [0.25, 0.3) is 0 Å². The third-order valence-electron chi connectivity index (χ3n) is 3.29. The van der Waals surface area contributed by atoms with Gasteiger partial charge in [0.1, 0.15) is 0 Å². The molecule has 0 N–H and O–H groups in total. The molecule has 3 nitrogen and oxygen atoms in total. The maximum Gasteiger partial charge on any atom is 0.241 e. The molecule has 3 heteroatoms. The van der Waals surface area contributed by atoms with Crippen LogP contribution in [0.4, 0.5) is 11.4 Å². The first-order chi connectivity index (χ1) is 9.36. The van der Waals surface area contributed by atoms with Crippen LogP contribution in [0.25, 0.3) is 0 Å². The molecule has 1 fully saturated rings. The Kier molecular flexibility index (Phi) is 3.19. The van der Waals surface area contributed by atoms with E-state index in [9.17, 15) is 4.79 Å². The Morgan fingerprint density at radius 3 is 1.79 bits per heavy atom. The average Bonchev–Trinajstić information content (AvgIpc) is 2.88. The summed E-state index contributed by atoms with van der Waals surface area (Å²) in [4.78, 5) is 12.0. The van der Waals surface area contributed by atoms with Crippen LogP contribution in [-0.2, 0) is 4.79 Å². The van der Waals surface area contributed by atoms with Gasteiger partial charge in [-0.15, -0.1) is 0 Å². The van der Waals surface area contributed by atoms with Gasteiger partial charge in [0, 0.05) is 13.0 Å². The Morgan fingerprint density at radius 2 is 1.37 bits per heavy atom. The Balaban J connectivity index is 2.03. The lowest BCUT2D eigenvalue weighted by molar-refractivity contribution is -0.127. The molecule has 1 saturated heterocycles. The van der Waals surface area contributed by atoms with Crippen LogP contribution < -0.4 is 5.01 Å². The Morgan fingerprint density at radius 1 is 0.842 bits per heavy atom. The van der Waals surface area contributed by atoms with E-state index in [0.717, 1.165) is 24.3 Å². The number of para-hydroxylation sites is 2. The van der Waals surface area contributed by atoms with Crippen LogP contribution in [0, 0.1) is 0 Å². The molecule has 2 aromatic rings. The number of benzene rings is 2. The molecule has 1 aliphatic heterocycles. The summed E-state index contributed by atoms with van der Waals surface area (Å²) in [7, 11) is 0. The highest BCUT2D eigenvalue weighted by Crippen LogP contribution is 2.29. The second-order valence-corrected chi connectivity index (χ2v) is 4.60. The monoisotopic (exact) mass is 252 g/mol. The van der Waals surface area contributed by atoms with Crippen molar-refractivity contribution in [3.05, 3.63) is 60.7 Å². The highest BCUT2D eigenvalue weighted by Gasteiger charge is 2.27. The molecule has 3 rings (SSSR count). The first kappa shape index (κ1) is 11.8. The zero-order chi connectivity index (χ0) is 13.1. The molecule has 0 aliphatic carbocycles. The quantitative estimate of drug-likeness (QED) is 0.836. The topological polar surface area (TPSA) is 23.6 Å². The second-order valence-electron chi connectivity index (χ2n) is 4.60. The zero-order valence-corrected chi connectivity index (χ0v) is 10.7. The van der Waals surface area contributed by atoms with Gasteiger partial charge in [0.05, 0.1) is 11.4 Å². The minimum Gasteiger partial charge on any atom is -0.273 e. The number of amides is 1. The van der Waals surface area contributed by atoms with Gasteiger partial charge < -0.3 is 0 Å². The van der Waals surface area contributed by atoms with Crippen molar-refractivity contribution in [3.63, 3.8) is 0 Å². The third-order valence-corrected chi connectivity index (χ3v) is 3.29. The Bertz CT molecular complexity index is 514. The molecule has 2 aromatic carbocycles. The summed E-state index contributed by atoms with van der Waals surface area (Å²) in [6.45, 7) is 0.780. The van der Waals surface area contributed by atoms with Gasteiger partial charge in [0.15, 0.2) is 0 Å². The van der Waals surface area contributed by atoms with Crippen molar-refractivity contribution < 1.29 is 4.79 Å². The van der Waals surface area contributed by atoms with Crippen LogP contribution in [0.2, 0.25) is 0 Å². The van der Waals surface area contributed by atoms with Crippen LogP contribution >= 0.6 is 0 Å². The van der Waals surface area contributed by atoms with Crippen molar-refractivity contribution in [3.8, 4) is 0 Å². The SMILES string of the molecule is O=C1CCCN1N(c1ccccc1)c1ccccc1. The fraction of sp³-hybridized carbons (Fsp3) is 0.188. The van der Waals surface area contributed by atoms with E-state index < -0.39 is 0 Å². The summed E-state index contributed by atoms with van der Waals surface area (Å²) in [5.74, 6) is 0.188. The van der Waals surface area contributed by atoms with Crippen LogP contribution in [0.5, 0.6) is 0 Å². The molecule has 96 valence electrons. The smallest absolute Gasteiger partial charge is 0.241 e. The molecule has 0 aromatic heterocycles. The minimum atomic E-state index is 0.188. The van der Waals surface area contributed by atoms with Gasteiger partial charge in [-0.05, 0) is 30.7 Å². The summed E-state index contributed by atoms with van der Waals surface area (Å²) in [6, 6.07) is 20.0. The molecule has 0 saturated carbocycles. The zero-order valence-electron chi connectivity index (χ0n) is 10.7. The predicted molar refractivity (Wildman–Crippen MR) is 76.0 cm³/mol. The molecule has 19 heavy (non-hydrogen) atoms. The number of carbonyl (C=O) groups excluding carboxylic acids is 1. The lowest BCUT2D eigenvalue weighted by atomic mass is 10.2. The van der Waals surface area contributed by atoms with E-state index in [1.54, 1.807) is 0 Å². The number of hydrazine groups is 1. The Hall–Kier alpha value is -2.29. The van der Waals surface area contributed by atoms with Crippen molar-refractivity contribution in [2.45, 2.75) is 12.8 Å². The third kappa shape index (κ3) is 2.32. The van der Waals surface area contributed by atoms with Crippen molar-refractivity contribution in [1.82, 2.24) is 5.01 Å². The average molecular weight is 252 g/mol. The number of anilines is 2. The minimum absolute atomic E-state index is 0.188. The first-order valence-corrected chi connectivity index (χ1v) is 6.57. The van der Waals surface area contributed by atoms with Crippen molar-refractivity contribution in [2.24, 2.45) is 0 Å². The molecule has 0 spiro atoms. The summed E-state index contributed by atoms with van der Waals surface area (Å²) < 4.78 is 0. The largest absolute Gasteiger partial charge is 0.273 e. The predicted octanol–water partition coefficient (Wildman–Crippen LogP) is 3.36. The van der Waals surface area contributed by atoms with Gasteiger partial charge >= 0.3 is 0 Å². The van der Waals surface area contributed by atoms with Gasteiger partial charge in [0.2, 0.25) is 5.91 Å². The van der Waals surface area contributed by atoms with Crippen LogP contribution in [0.3, 0.4) is 0 Å². The summed E-state index contributed by atoms with van der Waals surface area (Å²) in [6.07, 6.45) is 1.56. The van der Waals surface area contributed by atoms with E-state index in [1.165, 1.54) is 0 Å². The van der Waals surface area contributed by atoms with Crippen LogP contribution in [-0.4, -0.2) is 17.5 Å². The van der Waals surface area contributed by atoms with E-state index in [2.05, 4.69) is 0 Å². The van der Waals surface area contributed by atoms with Crippen molar-refractivity contribution >= 4 is 17.3 Å². The van der Waals surface area contributed by atoms with Crippen LogP contribution in [0.15, 0.2) is 60.7 Å². The van der Waals surface area contributed by atoms with E-state index in [1.807, 2.05) is 70.7 Å². The number of hydrogen-bond acceptors (Lipinski definition) is 2. The molecule has 1 aliphatic rings. The summed E-state index contributed by atoms with van der Waals surface area (Å²) in [5, 5.41) is 3.85. The normalized spacial score (nSPS) is 14.7. The van der Waals surface area contributed by atoms with E-state index >= 15 is 0 Å². The highest BCUT2D eigenvalue weighted by atomic mass is 16.2. The van der Waals surface area contributed by atoms with Gasteiger partial charge in [-0.3, -0.25) is 9.80 Å². The fourth-order valence-electron chi connectivity index (χ4n) is 2.41. The van der Waals surface area contributed by atoms with Crippen molar-refractivity contribution in [2.75, 3.05) is 11.6 Å².